The molecule has 0 spiro atoms. The average Bonchev–Trinajstić information content (AvgIpc) is 2.15. The van der Waals surface area contributed by atoms with Gasteiger partial charge in [0.05, 0.1) is 0 Å². The molecule has 15 heavy (non-hydrogen) atoms. The molecule has 0 heterocycles. The summed E-state index contributed by atoms with van der Waals surface area (Å²) in [6.07, 6.45) is 0. The van der Waals surface area contributed by atoms with Crippen molar-refractivity contribution in [2.45, 2.75) is 39.2 Å². The maximum atomic E-state index is 5.69. The summed E-state index contributed by atoms with van der Waals surface area (Å²) < 4.78 is 5.69. The van der Waals surface area contributed by atoms with Gasteiger partial charge in [0.2, 0.25) is 0 Å². The molecule has 82 valence electrons. The Labute approximate surface area is 97.5 Å². The Bertz CT molecular complexity index is 324. The number of rotatable bonds is 2. The van der Waals surface area contributed by atoms with Gasteiger partial charge in [-0.1, -0.05) is 37.3 Å². The zero-order valence-corrected chi connectivity index (χ0v) is 10.6. The molecule has 1 aromatic carbocycles. The maximum absolute atomic E-state index is 5.69. The molecular formula is C13H18OS. The van der Waals surface area contributed by atoms with Gasteiger partial charge >= 0.3 is 0 Å². The van der Waals surface area contributed by atoms with Crippen molar-refractivity contribution in [1.82, 2.24) is 0 Å². The van der Waals surface area contributed by atoms with Crippen LogP contribution in [0.5, 0.6) is 0 Å². The molecule has 1 atom stereocenters. The van der Waals surface area contributed by atoms with E-state index < -0.39 is 0 Å². The fourth-order valence-electron chi connectivity index (χ4n) is 1.27. The van der Waals surface area contributed by atoms with Gasteiger partial charge in [0, 0.05) is 5.92 Å². The summed E-state index contributed by atoms with van der Waals surface area (Å²) in [5, 5.41) is 0.661. The van der Waals surface area contributed by atoms with Crippen LogP contribution in [0.1, 0.15) is 39.2 Å². The number of hydrogen-bond acceptors (Lipinski definition) is 2. The number of ether oxygens (including phenoxy) is 1. The second-order valence-electron chi connectivity index (χ2n) is 4.67. The van der Waals surface area contributed by atoms with E-state index in [1.807, 2.05) is 39.0 Å². The standard InChI is InChI=1S/C13H18OS/c1-10(11-8-6-5-7-9-11)12(15)14-13(2,3)4/h5-10H,1-4H3. The zero-order valence-electron chi connectivity index (χ0n) is 9.78. The van der Waals surface area contributed by atoms with Crippen LogP contribution in [-0.4, -0.2) is 10.7 Å². The van der Waals surface area contributed by atoms with E-state index in [-0.39, 0.29) is 11.5 Å². The van der Waals surface area contributed by atoms with Crippen molar-refractivity contribution >= 4 is 17.3 Å². The fraction of sp³-hybridized carbons (Fsp3) is 0.462. The second-order valence-corrected chi connectivity index (χ2v) is 5.07. The molecule has 0 aromatic heterocycles. The van der Waals surface area contributed by atoms with Crippen molar-refractivity contribution < 1.29 is 4.74 Å². The molecule has 0 saturated carbocycles. The summed E-state index contributed by atoms with van der Waals surface area (Å²) in [5.41, 5.74) is 0.992. The van der Waals surface area contributed by atoms with Crippen molar-refractivity contribution in [2.24, 2.45) is 0 Å². The van der Waals surface area contributed by atoms with E-state index in [2.05, 4.69) is 19.1 Å². The molecule has 0 amide bonds. The van der Waals surface area contributed by atoms with E-state index in [0.717, 1.165) is 0 Å². The first kappa shape index (κ1) is 12.2. The molecule has 1 rings (SSSR count). The summed E-state index contributed by atoms with van der Waals surface area (Å²) in [4.78, 5) is 0. The molecule has 1 aromatic rings. The van der Waals surface area contributed by atoms with Gasteiger partial charge in [0.25, 0.3) is 0 Å². The first-order valence-corrected chi connectivity index (χ1v) is 5.59. The highest BCUT2D eigenvalue weighted by atomic mass is 32.1. The van der Waals surface area contributed by atoms with Crippen LogP contribution < -0.4 is 0 Å². The lowest BCUT2D eigenvalue weighted by molar-refractivity contribution is 0.116. The smallest absolute Gasteiger partial charge is 0.167 e. The SMILES string of the molecule is CC(C(=S)OC(C)(C)C)c1ccccc1. The zero-order chi connectivity index (χ0) is 11.5. The molecule has 0 aliphatic heterocycles. The summed E-state index contributed by atoms with van der Waals surface area (Å²) in [5.74, 6) is 0.167. The number of benzene rings is 1. The van der Waals surface area contributed by atoms with Crippen LogP contribution in [-0.2, 0) is 4.74 Å². The van der Waals surface area contributed by atoms with E-state index in [1.54, 1.807) is 0 Å². The lowest BCUT2D eigenvalue weighted by Crippen LogP contribution is -2.25. The van der Waals surface area contributed by atoms with Gasteiger partial charge in [0.15, 0.2) is 5.05 Å². The Hall–Kier alpha value is -0.890. The largest absolute Gasteiger partial charge is 0.481 e. The molecule has 0 N–H and O–H groups in total. The van der Waals surface area contributed by atoms with Gasteiger partial charge in [-0.3, -0.25) is 0 Å². The van der Waals surface area contributed by atoms with Crippen molar-refractivity contribution in [3.8, 4) is 0 Å². The van der Waals surface area contributed by atoms with Crippen LogP contribution in [0, 0.1) is 0 Å². The molecule has 0 aliphatic rings. The first-order chi connectivity index (χ1) is 6.90. The van der Waals surface area contributed by atoms with Crippen LogP contribution in [0.2, 0.25) is 0 Å². The van der Waals surface area contributed by atoms with E-state index in [0.29, 0.717) is 5.05 Å². The van der Waals surface area contributed by atoms with Crippen molar-refractivity contribution in [3.05, 3.63) is 35.9 Å². The van der Waals surface area contributed by atoms with Crippen molar-refractivity contribution in [2.75, 3.05) is 0 Å². The topological polar surface area (TPSA) is 9.23 Å². The lowest BCUT2D eigenvalue weighted by Gasteiger charge is -2.24. The van der Waals surface area contributed by atoms with Gasteiger partial charge in [-0.2, -0.15) is 0 Å². The monoisotopic (exact) mass is 222 g/mol. The predicted octanol–water partition coefficient (Wildman–Crippen LogP) is 3.93. The minimum atomic E-state index is -0.208. The predicted molar refractivity (Wildman–Crippen MR) is 68.3 cm³/mol. The highest BCUT2D eigenvalue weighted by Gasteiger charge is 2.19. The molecule has 0 aliphatic carbocycles. The van der Waals surface area contributed by atoms with Gasteiger partial charge in [0.1, 0.15) is 5.60 Å². The van der Waals surface area contributed by atoms with Crippen LogP contribution in [0.4, 0.5) is 0 Å². The van der Waals surface area contributed by atoms with Crippen molar-refractivity contribution in [1.29, 1.82) is 0 Å². The third kappa shape index (κ3) is 4.00. The molecule has 2 heteroatoms. The average molecular weight is 222 g/mol. The second kappa shape index (κ2) is 4.75. The molecule has 0 bridgehead atoms. The van der Waals surface area contributed by atoms with Crippen LogP contribution in [0.25, 0.3) is 0 Å². The van der Waals surface area contributed by atoms with Gasteiger partial charge in [-0.25, -0.2) is 0 Å². The summed E-state index contributed by atoms with van der Waals surface area (Å²) in [7, 11) is 0. The Morgan fingerprint density at radius 1 is 1.20 bits per heavy atom. The fourth-order valence-corrected chi connectivity index (χ4v) is 1.65. The quantitative estimate of drug-likeness (QED) is 0.701. The Morgan fingerprint density at radius 3 is 2.20 bits per heavy atom. The van der Waals surface area contributed by atoms with Gasteiger partial charge in [-0.05, 0) is 38.6 Å². The molecule has 1 nitrogen and oxygen atoms in total. The Kier molecular flexibility index (Phi) is 3.86. The number of thiocarbonyl (C=S) groups is 1. The Morgan fingerprint density at radius 2 is 1.73 bits per heavy atom. The van der Waals surface area contributed by atoms with Crippen LogP contribution in [0.3, 0.4) is 0 Å². The Balaban J connectivity index is 2.70. The van der Waals surface area contributed by atoms with E-state index in [9.17, 15) is 0 Å². The lowest BCUT2D eigenvalue weighted by atomic mass is 10.0. The molecule has 0 fully saturated rings. The van der Waals surface area contributed by atoms with E-state index >= 15 is 0 Å². The van der Waals surface area contributed by atoms with Crippen LogP contribution in [0.15, 0.2) is 30.3 Å². The van der Waals surface area contributed by atoms with E-state index in [1.165, 1.54) is 5.56 Å². The maximum Gasteiger partial charge on any atom is 0.167 e. The minimum Gasteiger partial charge on any atom is -0.481 e. The third-order valence-corrected chi connectivity index (χ3v) is 2.50. The molecular weight excluding hydrogens is 204 g/mol. The first-order valence-electron chi connectivity index (χ1n) is 5.18. The molecule has 1 unspecified atom stereocenters. The van der Waals surface area contributed by atoms with Crippen LogP contribution >= 0.6 is 12.2 Å². The highest BCUT2D eigenvalue weighted by molar-refractivity contribution is 7.80. The van der Waals surface area contributed by atoms with E-state index in [4.69, 9.17) is 17.0 Å². The number of hydrogen-bond donors (Lipinski definition) is 0. The third-order valence-electron chi connectivity index (χ3n) is 2.06. The highest BCUT2D eigenvalue weighted by Crippen LogP contribution is 2.21. The minimum absolute atomic E-state index is 0.167. The molecule has 0 saturated heterocycles. The normalized spacial score (nSPS) is 13.3. The summed E-state index contributed by atoms with van der Waals surface area (Å²) in [6.45, 7) is 8.11. The molecule has 0 radical (unpaired) electrons. The van der Waals surface area contributed by atoms with Gasteiger partial charge in [-0.15, -0.1) is 0 Å². The summed E-state index contributed by atoms with van der Waals surface area (Å²) in [6, 6.07) is 10.2. The van der Waals surface area contributed by atoms with Crippen molar-refractivity contribution in [3.63, 3.8) is 0 Å². The summed E-state index contributed by atoms with van der Waals surface area (Å²) >= 11 is 5.28. The van der Waals surface area contributed by atoms with Gasteiger partial charge < -0.3 is 4.74 Å².